The van der Waals surface area contributed by atoms with E-state index in [-0.39, 0.29) is 17.7 Å². The molecule has 19 heavy (non-hydrogen) atoms. The summed E-state index contributed by atoms with van der Waals surface area (Å²) in [6.45, 7) is 3.08. The minimum absolute atomic E-state index is 0.350. The molecule has 2 aromatic rings. The summed E-state index contributed by atoms with van der Waals surface area (Å²) in [7, 11) is 0. The van der Waals surface area contributed by atoms with E-state index >= 15 is 0 Å². The third-order valence-electron chi connectivity index (χ3n) is 2.57. The Morgan fingerprint density at radius 2 is 2.11 bits per heavy atom. The molecule has 1 atom stereocenters. The zero-order chi connectivity index (χ0) is 13.8. The van der Waals surface area contributed by atoms with Crippen molar-refractivity contribution in [2.45, 2.75) is 20.0 Å². The number of esters is 1. The van der Waals surface area contributed by atoms with Crippen molar-refractivity contribution in [2.75, 3.05) is 0 Å². The molecular weight excluding hydrogens is 244 g/mol. The minimum Gasteiger partial charge on any atom is -0.459 e. The van der Waals surface area contributed by atoms with Gasteiger partial charge in [-0.2, -0.15) is 0 Å². The molecule has 0 N–H and O–H groups in total. The Morgan fingerprint density at radius 1 is 1.37 bits per heavy atom. The third-order valence-corrected chi connectivity index (χ3v) is 2.57. The van der Waals surface area contributed by atoms with Crippen molar-refractivity contribution < 1.29 is 13.9 Å². The van der Waals surface area contributed by atoms with Gasteiger partial charge >= 0.3 is 11.6 Å². The number of rotatable bonds is 3. The van der Waals surface area contributed by atoms with E-state index in [4.69, 9.17) is 9.15 Å². The molecule has 0 aliphatic rings. The Kier molecular flexibility index (Phi) is 3.80. The van der Waals surface area contributed by atoms with Gasteiger partial charge in [-0.15, -0.1) is 0 Å². The molecule has 1 heterocycles. The van der Waals surface area contributed by atoms with Crippen LogP contribution in [0.5, 0.6) is 0 Å². The molecule has 1 aromatic carbocycles. The predicted molar refractivity (Wildman–Crippen MR) is 72.7 cm³/mol. The van der Waals surface area contributed by atoms with E-state index in [2.05, 4.69) is 0 Å². The molecule has 0 amide bonds. The molecular formula is C15H14O4. The van der Waals surface area contributed by atoms with Gasteiger partial charge in [-0.25, -0.2) is 4.79 Å². The van der Waals surface area contributed by atoms with Gasteiger partial charge in [0.25, 0.3) is 0 Å². The highest BCUT2D eigenvalue weighted by atomic mass is 16.5. The SMILES string of the molecule is CC(=O)OC(C)/C=C/c1cc2ccccc2c(=O)o1. The van der Waals surface area contributed by atoms with Gasteiger partial charge < -0.3 is 9.15 Å². The zero-order valence-corrected chi connectivity index (χ0v) is 10.8. The number of fused-ring (bicyclic) bond motifs is 1. The number of hydrogen-bond donors (Lipinski definition) is 0. The van der Waals surface area contributed by atoms with Crippen LogP contribution in [0.25, 0.3) is 16.8 Å². The standard InChI is InChI=1S/C15H14O4/c1-10(18-11(2)16)7-8-13-9-12-5-3-4-6-14(12)15(17)19-13/h3-10H,1-2H3/b8-7+. The van der Waals surface area contributed by atoms with Crippen molar-refractivity contribution in [1.82, 2.24) is 0 Å². The fourth-order valence-electron chi connectivity index (χ4n) is 1.77. The highest BCUT2D eigenvalue weighted by Crippen LogP contribution is 2.13. The van der Waals surface area contributed by atoms with Crippen LogP contribution in [0.1, 0.15) is 19.6 Å². The Bertz CT molecular complexity index is 682. The Balaban J connectivity index is 2.29. The van der Waals surface area contributed by atoms with Gasteiger partial charge in [0.05, 0.1) is 5.39 Å². The third kappa shape index (κ3) is 3.31. The van der Waals surface area contributed by atoms with E-state index in [1.807, 2.05) is 12.1 Å². The van der Waals surface area contributed by atoms with Gasteiger partial charge in [0.2, 0.25) is 0 Å². The fourth-order valence-corrected chi connectivity index (χ4v) is 1.77. The monoisotopic (exact) mass is 258 g/mol. The molecule has 1 aromatic heterocycles. The first kappa shape index (κ1) is 13.1. The fraction of sp³-hybridized carbons (Fsp3) is 0.200. The van der Waals surface area contributed by atoms with Crippen molar-refractivity contribution in [3.05, 3.63) is 52.6 Å². The second kappa shape index (κ2) is 5.52. The molecule has 2 rings (SSSR count). The molecule has 0 spiro atoms. The average molecular weight is 258 g/mol. The van der Waals surface area contributed by atoms with Gasteiger partial charge in [-0.1, -0.05) is 18.2 Å². The van der Waals surface area contributed by atoms with Crippen molar-refractivity contribution >= 4 is 22.8 Å². The largest absolute Gasteiger partial charge is 0.459 e. The van der Waals surface area contributed by atoms with Crippen LogP contribution in [0.3, 0.4) is 0 Å². The number of benzene rings is 1. The predicted octanol–water partition coefficient (Wildman–Crippen LogP) is 2.76. The summed E-state index contributed by atoms with van der Waals surface area (Å²) in [6.07, 6.45) is 2.92. The summed E-state index contributed by atoms with van der Waals surface area (Å²) in [6, 6.07) is 8.98. The summed E-state index contributed by atoms with van der Waals surface area (Å²) < 4.78 is 10.1. The maximum absolute atomic E-state index is 11.7. The minimum atomic E-state index is -0.377. The van der Waals surface area contributed by atoms with Crippen LogP contribution in [0.4, 0.5) is 0 Å². The molecule has 0 radical (unpaired) electrons. The van der Waals surface area contributed by atoms with E-state index in [1.54, 1.807) is 37.3 Å². The van der Waals surface area contributed by atoms with Gasteiger partial charge in [0.15, 0.2) is 0 Å². The van der Waals surface area contributed by atoms with Gasteiger partial charge in [-0.3, -0.25) is 4.79 Å². The van der Waals surface area contributed by atoms with Crippen LogP contribution in [-0.2, 0) is 9.53 Å². The van der Waals surface area contributed by atoms with E-state index < -0.39 is 0 Å². The van der Waals surface area contributed by atoms with Crippen molar-refractivity contribution in [1.29, 1.82) is 0 Å². The molecule has 4 heteroatoms. The summed E-state index contributed by atoms with van der Waals surface area (Å²) in [5.41, 5.74) is -0.377. The van der Waals surface area contributed by atoms with E-state index in [9.17, 15) is 9.59 Å². The lowest BCUT2D eigenvalue weighted by Gasteiger charge is -2.05. The first-order chi connectivity index (χ1) is 9.06. The van der Waals surface area contributed by atoms with Gasteiger partial charge in [0.1, 0.15) is 11.9 Å². The van der Waals surface area contributed by atoms with Crippen LogP contribution in [0.2, 0.25) is 0 Å². The number of carbonyl (C=O) groups excluding carboxylic acids is 1. The lowest BCUT2D eigenvalue weighted by molar-refractivity contribution is -0.143. The molecule has 0 fully saturated rings. The average Bonchev–Trinajstić information content (AvgIpc) is 2.36. The Morgan fingerprint density at radius 3 is 2.84 bits per heavy atom. The Hall–Kier alpha value is -2.36. The van der Waals surface area contributed by atoms with Gasteiger partial charge in [0, 0.05) is 6.92 Å². The lowest BCUT2D eigenvalue weighted by Crippen LogP contribution is -2.08. The smallest absolute Gasteiger partial charge is 0.344 e. The topological polar surface area (TPSA) is 56.5 Å². The molecule has 1 unspecified atom stereocenters. The summed E-state index contributed by atoms with van der Waals surface area (Å²) in [5, 5.41) is 1.37. The van der Waals surface area contributed by atoms with Crippen LogP contribution >= 0.6 is 0 Å². The van der Waals surface area contributed by atoms with Crippen LogP contribution in [-0.4, -0.2) is 12.1 Å². The quantitative estimate of drug-likeness (QED) is 0.794. The maximum Gasteiger partial charge on any atom is 0.344 e. The molecule has 4 nitrogen and oxygen atoms in total. The summed E-state index contributed by atoms with van der Waals surface area (Å²) in [4.78, 5) is 22.5. The molecule has 0 saturated carbocycles. The highest BCUT2D eigenvalue weighted by molar-refractivity contribution is 5.82. The Labute approximate surface area is 110 Å². The second-order valence-electron chi connectivity index (χ2n) is 4.20. The molecule has 0 aliphatic heterocycles. The number of carbonyl (C=O) groups is 1. The maximum atomic E-state index is 11.7. The van der Waals surface area contributed by atoms with Crippen molar-refractivity contribution in [3.8, 4) is 0 Å². The first-order valence-corrected chi connectivity index (χ1v) is 5.94. The molecule has 98 valence electrons. The van der Waals surface area contributed by atoms with E-state index in [0.29, 0.717) is 11.1 Å². The highest BCUT2D eigenvalue weighted by Gasteiger charge is 2.03. The number of ether oxygens (including phenoxy) is 1. The summed E-state index contributed by atoms with van der Waals surface area (Å²) >= 11 is 0. The van der Waals surface area contributed by atoms with Crippen LogP contribution < -0.4 is 5.63 Å². The van der Waals surface area contributed by atoms with Crippen LogP contribution in [0, 0.1) is 0 Å². The second-order valence-corrected chi connectivity index (χ2v) is 4.20. The van der Waals surface area contributed by atoms with E-state index in [0.717, 1.165) is 5.39 Å². The summed E-state index contributed by atoms with van der Waals surface area (Å²) in [5.74, 6) is 0.0832. The molecule has 0 bridgehead atoms. The normalized spacial score (nSPS) is 12.7. The van der Waals surface area contributed by atoms with Crippen molar-refractivity contribution in [2.24, 2.45) is 0 Å². The number of hydrogen-bond acceptors (Lipinski definition) is 4. The van der Waals surface area contributed by atoms with Crippen LogP contribution in [0.15, 0.2) is 45.6 Å². The molecule has 0 aliphatic carbocycles. The zero-order valence-electron chi connectivity index (χ0n) is 10.8. The molecule has 0 saturated heterocycles. The lowest BCUT2D eigenvalue weighted by atomic mass is 10.1. The van der Waals surface area contributed by atoms with Crippen molar-refractivity contribution in [3.63, 3.8) is 0 Å². The first-order valence-electron chi connectivity index (χ1n) is 5.94. The van der Waals surface area contributed by atoms with Gasteiger partial charge in [-0.05, 0) is 36.6 Å². The van der Waals surface area contributed by atoms with E-state index in [1.165, 1.54) is 6.92 Å².